The number of amides is 2. The largest absolute Gasteiger partial charge is 0.347 e. The molecular formula is C11H13ClN2O2. The summed E-state index contributed by atoms with van der Waals surface area (Å²) in [4.78, 5) is 22.0. The topological polar surface area (TPSA) is 58.2 Å². The quantitative estimate of drug-likeness (QED) is 0.845. The Morgan fingerprint density at radius 2 is 2.06 bits per heavy atom. The van der Waals surface area contributed by atoms with E-state index in [0.29, 0.717) is 10.7 Å². The lowest BCUT2D eigenvalue weighted by molar-refractivity contribution is -0.122. The van der Waals surface area contributed by atoms with E-state index in [0.717, 1.165) is 5.56 Å². The highest BCUT2D eigenvalue weighted by Crippen LogP contribution is 2.19. The number of anilines is 1. The van der Waals surface area contributed by atoms with Gasteiger partial charge in [-0.05, 0) is 24.6 Å². The Labute approximate surface area is 99.0 Å². The second kappa shape index (κ2) is 5.51. The van der Waals surface area contributed by atoms with Gasteiger partial charge in [0, 0.05) is 17.6 Å². The molecule has 0 bridgehead atoms. The molecule has 0 aliphatic heterocycles. The third kappa shape index (κ3) is 3.90. The summed E-state index contributed by atoms with van der Waals surface area (Å²) < 4.78 is 0. The zero-order valence-electron chi connectivity index (χ0n) is 9.13. The summed E-state index contributed by atoms with van der Waals surface area (Å²) in [6.07, 6.45) is 0. The van der Waals surface area contributed by atoms with Crippen LogP contribution >= 0.6 is 11.6 Å². The Morgan fingerprint density at radius 3 is 2.69 bits per heavy atom. The highest BCUT2D eigenvalue weighted by Gasteiger charge is 2.05. The van der Waals surface area contributed by atoms with Crippen molar-refractivity contribution >= 4 is 29.1 Å². The smallest absolute Gasteiger partial charge is 0.243 e. The predicted molar refractivity (Wildman–Crippen MR) is 63.5 cm³/mol. The monoisotopic (exact) mass is 240 g/mol. The van der Waals surface area contributed by atoms with Crippen LogP contribution in [0.2, 0.25) is 5.02 Å². The Hall–Kier alpha value is -1.55. The van der Waals surface area contributed by atoms with Crippen LogP contribution in [0.15, 0.2) is 18.2 Å². The van der Waals surface area contributed by atoms with Crippen molar-refractivity contribution in [3.8, 4) is 0 Å². The first-order valence-electron chi connectivity index (χ1n) is 4.79. The summed E-state index contributed by atoms with van der Waals surface area (Å²) >= 11 is 5.81. The number of nitrogens with one attached hydrogen (secondary N) is 2. The van der Waals surface area contributed by atoms with Crippen molar-refractivity contribution in [1.82, 2.24) is 5.32 Å². The van der Waals surface area contributed by atoms with E-state index in [2.05, 4.69) is 10.6 Å². The third-order valence-electron chi connectivity index (χ3n) is 1.97. The molecule has 2 N–H and O–H groups in total. The second-order valence-corrected chi connectivity index (χ2v) is 3.85. The average molecular weight is 241 g/mol. The van der Waals surface area contributed by atoms with Crippen molar-refractivity contribution in [2.24, 2.45) is 0 Å². The molecule has 0 aliphatic rings. The number of halogens is 1. The van der Waals surface area contributed by atoms with Gasteiger partial charge in [-0.3, -0.25) is 9.59 Å². The van der Waals surface area contributed by atoms with Crippen LogP contribution in [-0.2, 0) is 9.59 Å². The van der Waals surface area contributed by atoms with Crippen LogP contribution in [0.1, 0.15) is 12.5 Å². The Balaban J connectivity index is 2.62. The SMILES string of the molecule is CC(=O)NCC(=O)Nc1cc(Cl)ccc1C. The first-order chi connectivity index (χ1) is 7.49. The molecule has 0 saturated carbocycles. The first kappa shape index (κ1) is 12.5. The number of hydrogen-bond donors (Lipinski definition) is 2. The first-order valence-corrected chi connectivity index (χ1v) is 5.17. The van der Waals surface area contributed by atoms with E-state index in [1.807, 2.05) is 13.0 Å². The zero-order chi connectivity index (χ0) is 12.1. The van der Waals surface area contributed by atoms with Crippen molar-refractivity contribution in [2.45, 2.75) is 13.8 Å². The molecule has 4 nitrogen and oxygen atoms in total. The zero-order valence-corrected chi connectivity index (χ0v) is 9.89. The lowest BCUT2D eigenvalue weighted by Gasteiger charge is -2.08. The number of aryl methyl sites for hydroxylation is 1. The van der Waals surface area contributed by atoms with Gasteiger partial charge < -0.3 is 10.6 Å². The molecule has 1 aromatic carbocycles. The number of carbonyl (C=O) groups excluding carboxylic acids is 2. The number of hydrogen-bond acceptors (Lipinski definition) is 2. The average Bonchev–Trinajstić information content (AvgIpc) is 2.20. The van der Waals surface area contributed by atoms with Crippen molar-refractivity contribution in [1.29, 1.82) is 0 Å². The molecular weight excluding hydrogens is 228 g/mol. The summed E-state index contributed by atoms with van der Waals surface area (Å²) in [7, 11) is 0. The molecule has 5 heteroatoms. The molecule has 16 heavy (non-hydrogen) atoms. The molecule has 0 fully saturated rings. The van der Waals surface area contributed by atoms with E-state index < -0.39 is 0 Å². The minimum atomic E-state index is -0.277. The summed E-state index contributed by atoms with van der Waals surface area (Å²) in [5.41, 5.74) is 1.57. The van der Waals surface area contributed by atoms with Crippen LogP contribution in [0.5, 0.6) is 0 Å². The van der Waals surface area contributed by atoms with E-state index >= 15 is 0 Å². The number of benzene rings is 1. The van der Waals surface area contributed by atoms with Crippen LogP contribution in [0.25, 0.3) is 0 Å². The van der Waals surface area contributed by atoms with E-state index in [-0.39, 0.29) is 18.4 Å². The van der Waals surface area contributed by atoms with Gasteiger partial charge in [0.05, 0.1) is 6.54 Å². The molecule has 1 aromatic rings. The Bertz CT molecular complexity index is 418. The van der Waals surface area contributed by atoms with Crippen LogP contribution in [0.4, 0.5) is 5.69 Å². The van der Waals surface area contributed by atoms with Gasteiger partial charge in [-0.2, -0.15) is 0 Å². The predicted octanol–water partition coefficient (Wildman–Crippen LogP) is 1.72. The highest BCUT2D eigenvalue weighted by atomic mass is 35.5. The summed E-state index contributed by atoms with van der Waals surface area (Å²) in [5.74, 6) is -0.515. The number of rotatable bonds is 3. The van der Waals surface area contributed by atoms with Crippen molar-refractivity contribution in [3.05, 3.63) is 28.8 Å². The maximum Gasteiger partial charge on any atom is 0.243 e. The van der Waals surface area contributed by atoms with Gasteiger partial charge in [0.15, 0.2) is 0 Å². The summed E-state index contributed by atoms with van der Waals surface area (Å²) in [5, 5.41) is 5.64. The normalized spacial score (nSPS) is 9.69. The van der Waals surface area contributed by atoms with E-state index in [4.69, 9.17) is 11.6 Å². The molecule has 0 aromatic heterocycles. The fourth-order valence-electron chi connectivity index (χ4n) is 1.13. The van der Waals surface area contributed by atoms with E-state index in [1.165, 1.54) is 6.92 Å². The minimum absolute atomic E-state index is 0.0404. The summed E-state index contributed by atoms with van der Waals surface area (Å²) in [6, 6.07) is 5.24. The fraction of sp³-hybridized carbons (Fsp3) is 0.273. The van der Waals surface area contributed by atoms with Gasteiger partial charge in [-0.1, -0.05) is 17.7 Å². The van der Waals surface area contributed by atoms with Gasteiger partial charge in [0.2, 0.25) is 11.8 Å². The lowest BCUT2D eigenvalue weighted by Crippen LogP contribution is -2.31. The van der Waals surface area contributed by atoms with E-state index in [1.54, 1.807) is 12.1 Å². The Morgan fingerprint density at radius 1 is 1.38 bits per heavy atom. The third-order valence-corrected chi connectivity index (χ3v) is 2.21. The lowest BCUT2D eigenvalue weighted by atomic mass is 10.2. The maximum absolute atomic E-state index is 11.4. The minimum Gasteiger partial charge on any atom is -0.347 e. The summed E-state index contributed by atoms with van der Waals surface area (Å²) in [6.45, 7) is 3.18. The van der Waals surface area contributed by atoms with Crippen molar-refractivity contribution < 1.29 is 9.59 Å². The molecule has 0 heterocycles. The molecule has 1 rings (SSSR count). The van der Waals surface area contributed by atoms with Crippen molar-refractivity contribution in [3.63, 3.8) is 0 Å². The molecule has 86 valence electrons. The van der Waals surface area contributed by atoms with Crippen molar-refractivity contribution in [2.75, 3.05) is 11.9 Å². The molecule has 0 spiro atoms. The van der Waals surface area contributed by atoms with Gasteiger partial charge in [0.25, 0.3) is 0 Å². The Kier molecular flexibility index (Phi) is 4.31. The fourth-order valence-corrected chi connectivity index (χ4v) is 1.30. The standard InChI is InChI=1S/C11H13ClN2O2/c1-7-3-4-9(12)5-10(7)14-11(16)6-13-8(2)15/h3-5H,6H2,1-2H3,(H,13,15)(H,14,16). The second-order valence-electron chi connectivity index (χ2n) is 3.42. The van der Waals surface area contributed by atoms with E-state index in [9.17, 15) is 9.59 Å². The van der Waals surface area contributed by atoms with Crippen LogP contribution in [0, 0.1) is 6.92 Å². The van der Waals surface area contributed by atoms with Gasteiger partial charge >= 0.3 is 0 Å². The van der Waals surface area contributed by atoms with Gasteiger partial charge in [-0.15, -0.1) is 0 Å². The highest BCUT2D eigenvalue weighted by molar-refractivity contribution is 6.31. The molecule has 0 atom stereocenters. The molecule has 0 radical (unpaired) electrons. The van der Waals surface area contributed by atoms with Crippen LogP contribution in [-0.4, -0.2) is 18.4 Å². The van der Waals surface area contributed by atoms with Gasteiger partial charge in [-0.25, -0.2) is 0 Å². The molecule has 0 unspecified atom stereocenters. The molecule has 0 saturated heterocycles. The maximum atomic E-state index is 11.4. The number of carbonyl (C=O) groups is 2. The molecule has 2 amide bonds. The molecule has 0 aliphatic carbocycles. The van der Waals surface area contributed by atoms with Gasteiger partial charge in [0.1, 0.15) is 0 Å². The van der Waals surface area contributed by atoms with Crippen LogP contribution in [0.3, 0.4) is 0 Å². The van der Waals surface area contributed by atoms with Crippen LogP contribution < -0.4 is 10.6 Å².